The van der Waals surface area contributed by atoms with Crippen LogP contribution in [0.15, 0.2) is 30.3 Å². The highest BCUT2D eigenvalue weighted by Gasteiger charge is 2.38. The minimum atomic E-state index is 0.195. The van der Waals surface area contributed by atoms with E-state index < -0.39 is 0 Å². The molecule has 0 amide bonds. The molecule has 0 radical (unpaired) electrons. The van der Waals surface area contributed by atoms with E-state index in [1.54, 1.807) is 0 Å². The fourth-order valence-corrected chi connectivity index (χ4v) is 3.40. The van der Waals surface area contributed by atoms with Crippen LogP contribution >= 0.6 is 0 Å². The van der Waals surface area contributed by atoms with Crippen molar-refractivity contribution in [1.82, 2.24) is 0 Å². The first kappa shape index (κ1) is 12.6. The summed E-state index contributed by atoms with van der Waals surface area (Å²) >= 11 is 0. The summed E-state index contributed by atoms with van der Waals surface area (Å²) in [5.41, 5.74) is 8.01. The van der Waals surface area contributed by atoms with E-state index in [9.17, 15) is 0 Å². The molecule has 1 nitrogen and oxygen atoms in total. The summed E-state index contributed by atoms with van der Waals surface area (Å²) in [5.74, 6) is 1.41. The Morgan fingerprint density at radius 1 is 1.12 bits per heavy atom. The number of rotatable bonds is 2. The molecular weight excluding hydrogens is 206 g/mol. The van der Waals surface area contributed by atoms with Gasteiger partial charge in [0.15, 0.2) is 0 Å². The Balaban J connectivity index is 2.21. The molecular formula is C16H25N. The second-order valence-corrected chi connectivity index (χ2v) is 6.28. The topological polar surface area (TPSA) is 26.0 Å². The van der Waals surface area contributed by atoms with Crippen LogP contribution in [0.25, 0.3) is 0 Å². The van der Waals surface area contributed by atoms with Crippen LogP contribution in [0, 0.1) is 11.8 Å². The molecule has 1 aromatic rings. The molecule has 3 atom stereocenters. The molecule has 1 aromatic carbocycles. The lowest BCUT2D eigenvalue weighted by Crippen LogP contribution is -2.45. The van der Waals surface area contributed by atoms with E-state index in [4.69, 9.17) is 5.73 Å². The Kier molecular flexibility index (Phi) is 3.58. The Labute approximate surface area is 105 Å². The van der Waals surface area contributed by atoms with Gasteiger partial charge in [0.2, 0.25) is 0 Å². The minimum absolute atomic E-state index is 0.195. The smallest absolute Gasteiger partial charge is 0.00780 e. The van der Waals surface area contributed by atoms with Gasteiger partial charge < -0.3 is 5.73 Å². The summed E-state index contributed by atoms with van der Waals surface area (Å²) in [6.45, 7) is 7.03. The number of benzene rings is 1. The van der Waals surface area contributed by atoms with Crippen molar-refractivity contribution in [2.45, 2.75) is 51.5 Å². The van der Waals surface area contributed by atoms with E-state index in [0.29, 0.717) is 12.0 Å². The van der Waals surface area contributed by atoms with E-state index in [0.717, 1.165) is 5.92 Å². The Morgan fingerprint density at radius 3 is 2.35 bits per heavy atom. The highest BCUT2D eigenvalue weighted by Crippen LogP contribution is 2.41. The molecule has 94 valence electrons. The van der Waals surface area contributed by atoms with Crippen molar-refractivity contribution in [3.63, 3.8) is 0 Å². The van der Waals surface area contributed by atoms with Gasteiger partial charge in [-0.1, -0.05) is 57.5 Å². The first-order valence-electron chi connectivity index (χ1n) is 6.83. The van der Waals surface area contributed by atoms with Crippen molar-refractivity contribution >= 4 is 0 Å². The van der Waals surface area contributed by atoms with Gasteiger partial charge in [-0.05, 0) is 35.7 Å². The Hall–Kier alpha value is -0.820. The number of hydrogen-bond acceptors (Lipinski definition) is 1. The molecule has 0 bridgehead atoms. The molecule has 17 heavy (non-hydrogen) atoms. The van der Waals surface area contributed by atoms with Crippen molar-refractivity contribution in [1.29, 1.82) is 0 Å². The fourth-order valence-electron chi connectivity index (χ4n) is 3.40. The van der Waals surface area contributed by atoms with Crippen molar-refractivity contribution in [2.24, 2.45) is 17.6 Å². The zero-order valence-electron chi connectivity index (χ0n) is 11.3. The summed E-state index contributed by atoms with van der Waals surface area (Å²) in [4.78, 5) is 0. The summed E-state index contributed by atoms with van der Waals surface area (Å²) in [5, 5.41) is 0. The van der Waals surface area contributed by atoms with Crippen LogP contribution in [0.4, 0.5) is 0 Å². The molecule has 0 saturated heterocycles. The van der Waals surface area contributed by atoms with E-state index in [1.165, 1.54) is 24.8 Å². The van der Waals surface area contributed by atoms with Crippen molar-refractivity contribution in [2.75, 3.05) is 0 Å². The van der Waals surface area contributed by atoms with Gasteiger partial charge in [0, 0.05) is 6.04 Å². The molecule has 1 heteroatoms. The summed E-state index contributed by atoms with van der Waals surface area (Å²) in [7, 11) is 0. The summed E-state index contributed by atoms with van der Waals surface area (Å²) in [6, 6.07) is 11.2. The third kappa shape index (κ3) is 2.55. The van der Waals surface area contributed by atoms with Gasteiger partial charge in [0.05, 0.1) is 0 Å². The maximum atomic E-state index is 6.39. The molecule has 1 saturated carbocycles. The van der Waals surface area contributed by atoms with E-state index in [1.807, 2.05) is 0 Å². The molecule has 2 N–H and O–H groups in total. The lowest BCUT2D eigenvalue weighted by atomic mass is 9.64. The van der Waals surface area contributed by atoms with Crippen molar-refractivity contribution in [3.05, 3.63) is 35.9 Å². The molecule has 0 aromatic heterocycles. The van der Waals surface area contributed by atoms with Gasteiger partial charge in [-0.25, -0.2) is 0 Å². The number of nitrogens with two attached hydrogens (primary N) is 1. The standard InChI is InChI=1S/C16H25N/c1-12-9-10-14(15(17)11-12)16(2,3)13-7-5-4-6-8-13/h4-8,12,14-15H,9-11,17H2,1-3H3/t12-,14-,15-/m1/s1. The van der Waals surface area contributed by atoms with Crippen molar-refractivity contribution < 1.29 is 0 Å². The Morgan fingerprint density at radius 2 is 1.76 bits per heavy atom. The van der Waals surface area contributed by atoms with Crippen LogP contribution in [-0.4, -0.2) is 6.04 Å². The second-order valence-electron chi connectivity index (χ2n) is 6.28. The molecule has 1 fully saturated rings. The van der Waals surface area contributed by atoms with Crippen LogP contribution in [-0.2, 0) is 5.41 Å². The van der Waals surface area contributed by atoms with Gasteiger partial charge in [-0.2, -0.15) is 0 Å². The molecule has 2 rings (SSSR count). The third-order valence-corrected chi connectivity index (χ3v) is 4.61. The van der Waals surface area contributed by atoms with Gasteiger partial charge in [-0.3, -0.25) is 0 Å². The zero-order valence-corrected chi connectivity index (χ0v) is 11.3. The summed E-state index contributed by atoms with van der Waals surface area (Å²) in [6.07, 6.45) is 3.78. The largest absolute Gasteiger partial charge is 0.327 e. The van der Waals surface area contributed by atoms with Crippen LogP contribution in [0.5, 0.6) is 0 Å². The number of hydrogen-bond donors (Lipinski definition) is 1. The normalized spacial score (nSPS) is 30.2. The van der Waals surface area contributed by atoms with Gasteiger partial charge in [-0.15, -0.1) is 0 Å². The van der Waals surface area contributed by atoms with Crippen molar-refractivity contribution in [3.8, 4) is 0 Å². The molecule has 0 heterocycles. The second kappa shape index (κ2) is 4.81. The first-order chi connectivity index (χ1) is 8.01. The molecule has 1 aliphatic rings. The third-order valence-electron chi connectivity index (χ3n) is 4.61. The first-order valence-corrected chi connectivity index (χ1v) is 6.83. The highest BCUT2D eigenvalue weighted by molar-refractivity contribution is 5.25. The average molecular weight is 231 g/mol. The highest BCUT2D eigenvalue weighted by atomic mass is 14.7. The fraction of sp³-hybridized carbons (Fsp3) is 0.625. The van der Waals surface area contributed by atoms with Crippen LogP contribution in [0.3, 0.4) is 0 Å². The van der Waals surface area contributed by atoms with Crippen LogP contribution in [0.2, 0.25) is 0 Å². The molecule has 1 aliphatic carbocycles. The minimum Gasteiger partial charge on any atom is -0.327 e. The van der Waals surface area contributed by atoms with Gasteiger partial charge >= 0.3 is 0 Å². The lowest BCUT2D eigenvalue weighted by Gasteiger charge is -2.43. The average Bonchev–Trinajstić information content (AvgIpc) is 2.29. The quantitative estimate of drug-likeness (QED) is 0.824. The van der Waals surface area contributed by atoms with Gasteiger partial charge in [0.25, 0.3) is 0 Å². The molecule has 0 unspecified atom stereocenters. The summed E-state index contributed by atoms with van der Waals surface area (Å²) < 4.78 is 0. The van der Waals surface area contributed by atoms with E-state index in [-0.39, 0.29) is 5.41 Å². The van der Waals surface area contributed by atoms with Crippen LogP contribution < -0.4 is 5.73 Å². The molecule has 0 spiro atoms. The van der Waals surface area contributed by atoms with E-state index in [2.05, 4.69) is 51.1 Å². The monoisotopic (exact) mass is 231 g/mol. The SMILES string of the molecule is C[C@@H]1CC[C@@H](C(C)(C)c2ccccc2)[C@H](N)C1. The lowest BCUT2D eigenvalue weighted by molar-refractivity contribution is 0.171. The zero-order chi connectivity index (χ0) is 12.5. The molecule has 0 aliphatic heterocycles. The Bertz CT molecular complexity index is 355. The van der Waals surface area contributed by atoms with Gasteiger partial charge in [0.1, 0.15) is 0 Å². The van der Waals surface area contributed by atoms with Crippen LogP contribution in [0.1, 0.15) is 45.6 Å². The maximum Gasteiger partial charge on any atom is 0.00780 e. The van der Waals surface area contributed by atoms with E-state index >= 15 is 0 Å². The predicted molar refractivity (Wildman–Crippen MR) is 73.9 cm³/mol. The predicted octanol–water partition coefficient (Wildman–Crippen LogP) is 3.73. The maximum absolute atomic E-state index is 6.39.